The van der Waals surface area contributed by atoms with Gasteiger partial charge in [-0.3, -0.25) is 14.2 Å². The van der Waals surface area contributed by atoms with E-state index in [1.165, 1.54) is 17.8 Å². The minimum atomic E-state index is -0.253. The van der Waals surface area contributed by atoms with E-state index in [1.54, 1.807) is 28.8 Å². The van der Waals surface area contributed by atoms with Crippen molar-refractivity contribution in [3.8, 4) is 6.07 Å². The molecule has 0 spiro atoms. The van der Waals surface area contributed by atoms with Crippen LogP contribution in [0.2, 0.25) is 5.02 Å². The summed E-state index contributed by atoms with van der Waals surface area (Å²) in [6.45, 7) is 2.52. The third-order valence-electron chi connectivity index (χ3n) is 3.98. The topological polar surface area (TPSA) is 87.8 Å². The average Bonchev–Trinajstić information content (AvgIpc) is 2.69. The number of hydrogen-bond acceptors (Lipinski definition) is 5. The lowest BCUT2D eigenvalue weighted by Crippen LogP contribution is -2.24. The van der Waals surface area contributed by atoms with E-state index < -0.39 is 0 Å². The van der Waals surface area contributed by atoms with Crippen molar-refractivity contribution in [1.29, 1.82) is 5.26 Å². The van der Waals surface area contributed by atoms with Crippen LogP contribution < -0.4 is 10.9 Å². The molecule has 0 aliphatic rings. The van der Waals surface area contributed by atoms with Crippen molar-refractivity contribution < 1.29 is 4.79 Å². The highest BCUT2D eigenvalue weighted by molar-refractivity contribution is 7.99. The molecule has 3 rings (SSSR count). The van der Waals surface area contributed by atoms with Gasteiger partial charge in [0.25, 0.3) is 5.56 Å². The second-order valence-electron chi connectivity index (χ2n) is 6.01. The normalized spacial score (nSPS) is 10.6. The fourth-order valence-electron chi connectivity index (χ4n) is 2.69. The zero-order valence-corrected chi connectivity index (χ0v) is 16.7. The number of nitrogens with one attached hydrogen (secondary N) is 1. The van der Waals surface area contributed by atoms with Crippen LogP contribution in [0, 0.1) is 11.3 Å². The second kappa shape index (κ2) is 8.91. The number of nitriles is 1. The molecular formula is C20H17ClN4O2S. The van der Waals surface area contributed by atoms with E-state index in [0.29, 0.717) is 33.9 Å². The summed E-state index contributed by atoms with van der Waals surface area (Å²) in [6.07, 6.45) is 0.781. The van der Waals surface area contributed by atoms with Crippen molar-refractivity contribution in [3.05, 3.63) is 63.4 Å². The number of nitrogens with zero attached hydrogens (tertiary/aromatic N) is 3. The summed E-state index contributed by atoms with van der Waals surface area (Å²) in [5, 5.41) is 13.0. The van der Waals surface area contributed by atoms with Crippen molar-refractivity contribution in [1.82, 2.24) is 9.55 Å². The van der Waals surface area contributed by atoms with Gasteiger partial charge in [0.2, 0.25) is 5.91 Å². The van der Waals surface area contributed by atoms with Gasteiger partial charge in [0.1, 0.15) is 6.07 Å². The van der Waals surface area contributed by atoms with Crippen LogP contribution in [0.15, 0.2) is 52.4 Å². The SMILES string of the molecule is CCCn1c(SCC(=O)Nc2ccc(C#N)c(Cl)c2)nc2ccccc2c1=O. The number of thioether (sulfide) groups is 1. The predicted octanol–water partition coefficient (Wildman–Crippen LogP) is 4.06. The Hall–Kier alpha value is -2.82. The summed E-state index contributed by atoms with van der Waals surface area (Å²) in [6, 6.07) is 13.9. The lowest BCUT2D eigenvalue weighted by Gasteiger charge is -2.12. The van der Waals surface area contributed by atoms with Gasteiger partial charge in [-0.25, -0.2) is 4.98 Å². The highest BCUT2D eigenvalue weighted by atomic mass is 35.5. The average molecular weight is 413 g/mol. The molecule has 0 atom stereocenters. The van der Waals surface area contributed by atoms with Crippen LogP contribution in [0.4, 0.5) is 5.69 Å². The van der Waals surface area contributed by atoms with Gasteiger partial charge >= 0.3 is 0 Å². The van der Waals surface area contributed by atoms with Crippen molar-refractivity contribution in [2.75, 3.05) is 11.1 Å². The van der Waals surface area contributed by atoms with Gasteiger partial charge < -0.3 is 5.32 Å². The lowest BCUT2D eigenvalue weighted by molar-refractivity contribution is -0.113. The molecule has 2 aromatic carbocycles. The van der Waals surface area contributed by atoms with Gasteiger partial charge in [0.05, 0.1) is 27.2 Å². The monoisotopic (exact) mass is 412 g/mol. The molecule has 1 amide bonds. The fraction of sp³-hybridized carbons (Fsp3) is 0.200. The molecule has 0 saturated heterocycles. The number of halogens is 1. The highest BCUT2D eigenvalue weighted by Crippen LogP contribution is 2.22. The lowest BCUT2D eigenvalue weighted by atomic mass is 10.2. The molecule has 1 aromatic heterocycles. The number of carbonyl (C=O) groups excluding carboxylic acids is 1. The summed E-state index contributed by atoms with van der Waals surface area (Å²) in [4.78, 5) is 29.6. The Bertz CT molecular complexity index is 1140. The Morgan fingerprint density at radius 2 is 2.11 bits per heavy atom. The van der Waals surface area contributed by atoms with Gasteiger partial charge in [0.15, 0.2) is 5.16 Å². The first-order chi connectivity index (χ1) is 13.5. The number of rotatable bonds is 6. The molecular weight excluding hydrogens is 396 g/mol. The van der Waals surface area contributed by atoms with Gasteiger partial charge in [-0.15, -0.1) is 0 Å². The van der Waals surface area contributed by atoms with E-state index in [-0.39, 0.29) is 22.2 Å². The van der Waals surface area contributed by atoms with E-state index >= 15 is 0 Å². The smallest absolute Gasteiger partial charge is 0.262 e. The Balaban J connectivity index is 1.78. The molecule has 6 nitrogen and oxygen atoms in total. The Kier molecular flexibility index (Phi) is 6.34. The van der Waals surface area contributed by atoms with Crippen LogP contribution in [0.1, 0.15) is 18.9 Å². The van der Waals surface area contributed by atoms with E-state index in [1.807, 2.05) is 25.1 Å². The first-order valence-electron chi connectivity index (χ1n) is 8.65. The number of carbonyl (C=O) groups is 1. The number of benzene rings is 2. The van der Waals surface area contributed by atoms with Gasteiger partial charge in [-0.05, 0) is 36.8 Å². The Morgan fingerprint density at radius 3 is 2.82 bits per heavy atom. The van der Waals surface area contributed by atoms with Crippen LogP contribution in [-0.4, -0.2) is 21.2 Å². The van der Waals surface area contributed by atoms with Crippen molar-refractivity contribution in [3.63, 3.8) is 0 Å². The molecule has 0 bridgehead atoms. The molecule has 0 aliphatic carbocycles. The van der Waals surface area contributed by atoms with Gasteiger partial charge in [0, 0.05) is 12.2 Å². The number of amides is 1. The van der Waals surface area contributed by atoms with Crippen LogP contribution in [0.25, 0.3) is 10.9 Å². The predicted molar refractivity (Wildman–Crippen MR) is 112 cm³/mol. The number of hydrogen-bond donors (Lipinski definition) is 1. The fourth-order valence-corrected chi connectivity index (χ4v) is 3.74. The summed E-state index contributed by atoms with van der Waals surface area (Å²) < 4.78 is 1.61. The quantitative estimate of drug-likeness (QED) is 0.487. The van der Waals surface area contributed by atoms with Crippen LogP contribution in [0.5, 0.6) is 0 Å². The first-order valence-corrected chi connectivity index (χ1v) is 10.0. The minimum Gasteiger partial charge on any atom is -0.325 e. The number of fused-ring (bicyclic) bond motifs is 1. The van der Waals surface area contributed by atoms with Crippen LogP contribution in [-0.2, 0) is 11.3 Å². The van der Waals surface area contributed by atoms with E-state index in [9.17, 15) is 9.59 Å². The molecule has 0 fully saturated rings. The maximum absolute atomic E-state index is 12.7. The number of anilines is 1. The van der Waals surface area contributed by atoms with Crippen molar-refractivity contribution in [2.24, 2.45) is 0 Å². The first kappa shape index (κ1) is 19.9. The molecule has 0 saturated carbocycles. The van der Waals surface area contributed by atoms with Gasteiger partial charge in [-0.1, -0.05) is 42.4 Å². The van der Waals surface area contributed by atoms with Crippen LogP contribution >= 0.6 is 23.4 Å². The molecule has 8 heteroatoms. The zero-order chi connectivity index (χ0) is 20.1. The summed E-state index contributed by atoms with van der Waals surface area (Å²) in [5.41, 5.74) is 1.36. The van der Waals surface area contributed by atoms with Crippen molar-refractivity contribution >= 4 is 45.9 Å². The summed E-state index contributed by atoms with van der Waals surface area (Å²) in [7, 11) is 0. The largest absolute Gasteiger partial charge is 0.325 e. The summed E-state index contributed by atoms with van der Waals surface area (Å²) in [5.74, 6) is -0.164. The third kappa shape index (κ3) is 4.35. The van der Waals surface area contributed by atoms with E-state index in [0.717, 1.165) is 6.42 Å². The van der Waals surface area contributed by atoms with Crippen molar-refractivity contribution in [2.45, 2.75) is 25.0 Å². The molecule has 1 heterocycles. The standard InChI is InChI=1S/C20H17ClN4O2S/c1-2-9-25-19(27)15-5-3-4-6-17(15)24-20(25)28-12-18(26)23-14-8-7-13(11-22)16(21)10-14/h3-8,10H,2,9,12H2,1H3,(H,23,26). The highest BCUT2D eigenvalue weighted by Gasteiger charge is 2.13. The molecule has 142 valence electrons. The Labute approximate surface area is 171 Å². The molecule has 3 aromatic rings. The van der Waals surface area contributed by atoms with E-state index in [4.69, 9.17) is 16.9 Å². The second-order valence-corrected chi connectivity index (χ2v) is 7.36. The molecule has 0 radical (unpaired) electrons. The van der Waals surface area contributed by atoms with E-state index in [2.05, 4.69) is 10.3 Å². The number of aromatic nitrogens is 2. The third-order valence-corrected chi connectivity index (χ3v) is 5.27. The zero-order valence-electron chi connectivity index (χ0n) is 15.1. The molecule has 0 aliphatic heterocycles. The molecule has 0 unspecified atom stereocenters. The minimum absolute atomic E-state index is 0.0894. The molecule has 28 heavy (non-hydrogen) atoms. The van der Waals surface area contributed by atoms with Gasteiger partial charge in [-0.2, -0.15) is 5.26 Å². The molecule has 1 N–H and O–H groups in total. The summed E-state index contributed by atoms with van der Waals surface area (Å²) >= 11 is 7.20. The number of para-hydroxylation sites is 1. The maximum atomic E-state index is 12.7. The Morgan fingerprint density at radius 1 is 1.32 bits per heavy atom. The maximum Gasteiger partial charge on any atom is 0.262 e. The van der Waals surface area contributed by atoms with Crippen LogP contribution in [0.3, 0.4) is 0 Å².